The van der Waals surface area contributed by atoms with Crippen LogP contribution in [0.2, 0.25) is 0 Å². The quantitative estimate of drug-likeness (QED) is 0.917. The Morgan fingerprint density at radius 1 is 1.30 bits per heavy atom. The van der Waals surface area contributed by atoms with E-state index < -0.39 is 0 Å². The fourth-order valence-corrected chi connectivity index (χ4v) is 4.46. The lowest BCUT2D eigenvalue weighted by molar-refractivity contribution is 0.189. The lowest BCUT2D eigenvalue weighted by Gasteiger charge is -2.35. The number of nitrogens with zero attached hydrogens (tertiary/aromatic N) is 1. The first-order valence-electron chi connectivity index (χ1n) is 7.73. The monoisotopic (exact) mass is 288 g/mol. The van der Waals surface area contributed by atoms with Crippen LogP contribution < -0.4 is 5.73 Å². The summed E-state index contributed by atoms with van der Waals surface area (Å²) in [6.45, 7) is 4.69. The van der Waals surface area contributed by atoms with Crippen molar-refractivity contribution >= 4 is 21.6 Å². The Labute approximate surface area is 125 Å². The molecule has 3 heteroatoms. The van der Waals surface area contributed by atoms with E-state index in [9.17, 15) is 0 Å². The normalized spacial score (nSPS) is 27.3. The highest BCUT2D eigenvalue weighted by Crippen LogP contribution is 2.36. The number of rotatable bonds is 3. The van der Waals surface area contributed by atoms with Gasteiger partial charge < -0.3 is 5.73 Å². The lowest BCUT2D eigenvalue weighted by Crippen LogP contribution is -2.38. The van der Waals surface area contributed by atoms with Gasteiger partial charge in [-0.25, -0.2) is 4.98 Å². The SMILES string of the molecule is CC(C)C1CCC(N)C(Cc2nc3ccccc3s2)C1. The van der Waals surface area contributed by atoms with E-state index in [2.05, 4.69) is 38.1 Å². The Morgan fingerprint density at radius 3 is 2.85 bits per heavy atom. The summed E-state index contributed by atoms with van der Waals surface area (Å²) in [6.07, 6.45) is 4.81. The standard InChI is InChI=1S/C17H24N2S/c1-11(2)12-7-8-14(18)13(9-12)10-17-19-15-5-3-4-6-16(15)20-17/h3-6,11-14H,7-10,18H2,1-2H3. The van der Waals surface area contributed by atoms with Crippen LogP contribution in [0.3, 0.4) is 0 Å². The summed E-state index contributed by atoms with van der Waals surface area (Å²) in [6, 6.07) is 8.77. The molecule has 1 heterocycles. The topological polar surface area (TPSA) is 38.9 Å². The second kappa shape index (κ2) is 5.82. The first kappa shape index (κ1) is 14.0. The molecule has 0 saturated heterocycles. The number of benzene rings is 1. The molecule has 3 atom stereocenters. The average molecular weight is 288 g/mol. The Kier molecular flexibility index (Phi) is 4.08. The summed E-state index contributed by atoms with van der Waals surface area (Å²) < 4.78 is 1.30. The third-order valence-electron chi connectivity index (χ3n) is 4.80. The Balaban J connectivity index is 1.75. The minimum Gasteiger partial charge on any atom is -0.327 e. The van der Waals surface area contributed by atoms with Crippen molar-refractivity contribution in [3.8, 4) is 0 Å². The molecule has 1 aromatic carbocycles. The predicted molar refractivity (Wildman–Crippen MR) is 87.0 cm³/mol. The number of para-hydroxylation sites is 1. The number of hydrogen-bond acceptors (Lipinski definition) is 3. The van der Waals surface area contributed by atoms with E-state index in [-0.39, 0.29) is 0 Å². The van der Waals surface area contributed by atoms with Crippen molar-refractivity contribution in [2.45, 2.75) is 45.6 Å². The van der Waals surface area contributed by atoms with Gasteiger partial charge in [-0.3, -0.25) is 0 Å². The molecular weight excluding hydrogens is 264 g/mol. The Hall–Kier alpha value is -0.930. The van der Waals surface area contributed by atoms with Gasteiger partial charge in [0.05, 0.1) is 15.2 Å². The molecule has 0 spiro atoms. The summed E-state index contributed by atoms with van der Waals surface area (Å²) in [7, 11) is 0. The van der Waals surface area contributed by atoms with Crippen LogP contribution in [0.15, 0.2) is 24.3 Å². The van der Waals surface area contributed by atoms with Gasteiger partial charge in [0.25, 0.3) is 0 Å². The van der Waals surface area contributed by atoms with Gasteiger partial charge in [-0.2, -0.15) is 0 Å². The summed E-state index contributed by atoms with van der Waals surface area (Å²) >= 11 is 1.84. The van der Waals surface area contributed by atoms with Crippen molar-refractivity contribution in [3.05, 3.63) is 29.3 Å². The van der Waals surface area contributed by atoms with Crippen LogP contribution in [0.25, 0.3) is 10.2 Å². The molecule has 3 unspecified atom stereocenters. The number of nitrogens with two attached hydrogens (primary N) is 1. The molecule has 0 radical (unpaired) electrons. The van der Waals surface area contributed by atoms with E-state index in [0.717, 1.165) is 23.8 Å². The number of thiazole rings is 1. The van der Waals surface area contributed by atoms with Crippen LogP contribution in [0.4, 0.5) is 0 Å². The zero-order valence-corrected chi connectivity index (χ0v) is 13.2. The summed E-state index contributed by atoms with van der Waals surface area (Å²) in [4.78, 5) is 4.77. The molecule has 20 heavy (non-hydrogen) atoms. The third-order valence-corrected chi connectivity index (χ3v) is 5.86. The van der Waals surface area contributed by atoms with Gasteiger partial charge in [-0.05, 0) is 49.1 Å². The van der Waals surface area contributed by atoms with Gasteiger partial charge in [0, 0.05) is 12.5 Å². The molecule has 0 amide bonds. The summed E-state index contributed by atoms with van der Waals surface area (Å²) in [5.41, 5.74) is 7.50. The Morgan fingerprint density at radius 2 is 2.10 bits per heavy atom. The summed E-state index contributed by atoms with van der Waals surface area (Å²) in [5.74, 6) is 2.23. The zero-order chi connectivity index (χ0) is 14.1. The van der Waals surface area contributed by atoms with E-state index >= 15 is 0 Å². The third kappa shape index (κ3) is 2.89. The van der Waals surface area contributed by atoms with Crippen molar-refractivity contribution in [1.82, 2.24) is 4.98 Å². The maximum atomic E-state index is 6.36. The minimum absolute atomic E-state index is 0.358. The van der Waals surface area contributed by atoms with Gasteiger partial charge in [0.15, 0.2) is 0 Å². The first-order valence-corrected chi connectivity index (χ1v) is 8.55. The average Bonchev–Trinajstić information content (AvgIpc) is 2.83. The van der Waals surface area contributed by atoms with Crippen molar-refractivity contribution in [2.75, 3.05) is 0 Å². The van der Waals surface area contributed by atoms with Gasteiger partial charge in [-0.1, -0.05) is 26.0 Å². The molecule has 108 valence electrons. The fraction of sp³-hybridized carbons (Fsp3) is 0.588. The van der Waals surface area contributed by atoms with Crippen LogP contribution in [0, 0.1) is 17.8 Å². The molecule has 2 aromatic rings. The molecule has 0 bridgehead atoms. The molecule has 1 aliphatic rings. The zero-order valence-electron chi connectivity index (χ0n) is 12.4. The maximum Gasteiger partial charge on any atom is 0.0941 e. The molecule has 1 aromatic heterocycles. The molecule has 1 fully saturated rings. The lowest BCUT2D eigenvalue weighted by atomic mass is 9.73. The fourth-order valence-electron chi connectivity index (χ4n) is 3.40. The van der Waals surface area contributed by atoms with Crippen molar-refractivity contribution in [2.24, 2.45) is 23.5 Å². The summed E-state index contributed by atoms with van der Waals surface area (Å²) in [5, 5.41) is 1.26. The predicted octanol–water partition coefficient (Wildman–Crippen LogP) is 4.24. The van der Waals surface area contributed by atoms with E-state index in [0.29, 0.717) is 12.0 Å². The smallest absolute Gasteiger partial charge is 0.0941 e. The number of aromatic nitrogens is 1. The first-order chi connectivity index (χ1) is 9.63. The molecule has 1 saturated carbocycles. The van der Waals surface area contributed by atoms with Gasteiger partial charge >= 0.3 is 0 Å². The highest BCUT2D eigenvalue weighted by Gasteiger charge is 2.30. The van der Waals surface area contributed by atoms with Gasteiger partial charge in [0.1, 0.15) is 0 Å². The van der Waals surface area contributed by atoms with Crippen molar-refractivity contribution in [1.29, 1.82) is 0 Å². The van der Waals surface area contributed by atoms with Crippen LogP contribution >= 0.6 is 11.3 Å². The highest BCUT2D eigenvalue weighted by atomic mass is 32.1. The number of hydrogen-bond donors (Lipinski definition) is 1. The second-order valence-electron chi connectivity index (χ2n) is 6.52. The molecule has 0 aliphatic heterocycles. The van der Waals surface area contributed by atoms with Crippen molar-refractivity contribution < 1.29 is 0 Å². The molecule has 2 nitrogen and oxygen atoms in total. The van der Waals surface area contributed by atoms with Crippen LogP contribution in [0.5, 0.6) is 0 Å². The Bertz CT molecular complexity index is 542. The van der Waals surface area contributed by atoms with Crippen LogP contribution in [-0.4, -0.2) is 11.0 Å². The molecule has 1 aliphatic carbocycles. The minimum atomic E-state index is 0.358. The molecule has 2 N–H and O–H groups in total. The van der Waals surface area contributed by atoms with Crippen LogP contribution in [0.1, 0.15) is 38.1 Å². The van der Waals surface area contributed by atoms with Crippen molar-refractivity contribution in [3.63, 3.8) is 0 Å². The van der Waals surface area contributed by atoms with E-state index in [1.807, 2.05) is 11.3 Å². The molecule has 3 rings (SSSR count). The van der Waals surface area contributed by atoms with E-state index in [1.54, 1.807) is 0 Å². The largest absolute Gasteiger partial charge is 0.327 e. The second-order valence-corrected chi connectivity index (χ2v) is 7.64. The highest BCUT2D eigenvalue weighted by molar-refractivity contribution is 7.18. The van der Waals surface area contributed by atoms with E-state index in [4.69, 9.17) is 10.7 Å². The van der Waals surface area contributed by atoms with Crippen LogP contribution in [-0.2, 0) is 6.42 Å². The van der Waals surface area contributed by atoms with Gasteiger partial charge in [-0.15, -0.1) is 11.3 Å². The molecular formula is C17H24N2S. The van der Waals surface area contributed by atoms with Gasteiger partial charge in [0.2, 0.25) is 0 Å². The maximum absolute atomic E-state index is 6.36. The number of fused-ring (bicyclic) bond motifs is 1. The van der Waals surface area contributed by atoms with E-state index in [1.165, 1.54) is 29.0 Å².